The fourth-order valence-corrected chi connectivity index (χ4v) is 5.80. The SMILES string of the molecule is COC(=O)c1c(NC(=O)C(C)Sc2cccc(NC(=O)/C=C/C(=O)O)c2)sc2c1CCCCC2. The van der Waals surface area contributed by atoms with Crippen LogP contribution in [0.4, 0.5) is 10.7 Å². The van der Waals surface area contributed by atoms with Crippen molar-refractivity contribution in [2.75, 3.05) is 17.7 Å². The van der Waals surface area contributed by atoms with Crippen LogP contribution in [0.3, 0.4) is 0 Å². The average molecular weight is 503 g/mol. The summed E-state index contributed by atoms with van der Waals surface area (Å²) in [6, 6.07) is 6.91. The molecule has 0 aliphatic heterocycles. The quantitative estimate of drug-likeness (QED) is 0.210. The molecule has 0 saturated heterocycles. The molecule has 1 heterocycles. The number of thiophene rings is 1. The number of thioether (sulfide) groups is 1. The van der Waals surface area contributed by atoms with Gasteiger partial charge in [-0.15, -0.1) is 23.1 Å². The van der Waals surface area contributed by atoms with Gasteiger partial charge in [0, 0.05) is 27.6 Å². The molecule has 3 N–H and O–H groups in total. The first-order chi connectivity index (χ1) is 16.3. The van der Waals surface area contributed by atoms with E-state index in [1.54, 1.807) is 25.1 Å². The van der Waals surface area contributed by atoms with E-state index in [4.69, 9.17) is 9.84 Å². The van der Waals surface area contributed by atoms with Gasteiger partial charge in [0.1, 0.15) is 5.00 Å². The Morgan fingerprint density at radius 2 is 1.88 bits per heavy atom. The molecule has 1 atom stereocenters. The lowest BCUT2D eigenvalue weighted by atomic mass is 10.1. The number of carbonyl (C=O) groups excluding carboxylic acids is 3. The van der Waals surface area contributed by atoms with Crippen molar-refractivity contribution in [2.45, 2.75) is 49.2 Å². The van der Waals surface area contributed by atoms with E-state index in [0.717, 1.165) is 59.6 Å². The molecule has 180 valence electrons. The summed E-state index contributed by atoms with van der Waals surface area (Å²) in [5, 5.41) is 14.2. The molecular weight excluding hydrogens is 476 g/mol. The van der Waals surface area contributed by atoms with Crippen molar-refractivity contribution < 1.29 is 29.0 Å². The smallest absolute Gasteiger partial charge is 0.341 e. The van der Waals surface area contributed by atoms with Gasteiger partial charge >= 0.3 is 11.9 Å². The van der Waals surface area contributed by atoms with E-state index in [0.29, 0.717) is 16.3 Å². The van der Waals surface area contributed by atoms with Crippen LogP contribution in [0.2, 0.25) is 0 Å². The number of nitrogens with one attached hydrogen (secondary N) is 2. The molecule has 1 aromatic carbocycles. The van der Waals surface area contributed by atoms with E-state index in [-0.39, 0.29) is 5.91 Å². The zero-order valence-corrected chi connectivity index (χ0v) is 20.5. The standard InChI is InChI=1S/C24H26N2O6S2/c1-14(33-16-8-6-7-15(13-16)25-19(27)11-12-20(28)29)22(30)26-23-21(24(31)32-2)17-9-4-3-5-10-18(17)34-23/h6-8,11-14H,3-5,9-10H2,1-2H3,(H,25,27)(H,26,30)(H,28,29)/b12-11+. The van der Waals surface area contributed by atoms with Crippen molar-refractivity contribution in [3.8, 4) is 0 Å². The Labute approximate surface area is 205 Å². The van der Waals surface area contributed by atoms with E-state index in [1.165, 1.54) is 30.2 Å². The number of fused-ring (bicyclic) bond motifs is 1. The number of hydrogen-bond donors (Lipinski definition) is 3. The molecule has 10 heteroatoms. The normalized spacial score (nSPS) is 14.1. The molecule has 1 aromatic heterocycles. The van der Waals surface area contributed by atoms with Crippen molar-refractivity contribution in [1.82, 2.24) is 0 Å². The van der Waals surface area contributed by atoms with Crippen LogP contribution in [0.1, 0.15) is 47.0 Å². The number of methoxy groups -OCH3 is 1. The van der Waals surface area contributed by atoms with Gasteiger partial charge in [0.15, 0.2) is 0 Å². The molecule has 2 amide bonds. The summed E-state index contributed by atoms with van der Waals surface area (Å²) >= 11 is 2.75. The molecular formula is C24H26N2O6S2. The fraction of sp³-hybridized carbons (Fsp3) is 0.333. The van der Waals surface area contributed by atoms with Gasteiger partial charge in [-0.3, -0.25) is 9.59 Å². The van der Waals surface area contributed by atoms with E-state index < -0.39 is 23.1 Å². The summed E-state index contributed by atoms with van der Waals surface area (Å²) in [6.45, 7) is 1.76. The third-order valence-electron chi connectivity index (χ3n) is 5.21. The maximum Gasteiger partial charge on any atom is 0.341 e. The van der Waals surface area contributed by atoms with Crippen LogP contribution in [0.25, 0.3) is 0 Å². The Bertz CT molecular complexity index is 1120. The van der Waals surface area contributed by atoms with Gasteiger partial charge in [0.05, 0.1) is 17.9 Å². The number of amides is 2. The number of rotatable bonds is 8. The lowest BCUT2D eigenvalue weighted by Crippen LogP contribution is -2.23. The van der Waals surface area contributed by atoms with Crippen molar-refractivity contribution in [3.63, 3.8) is 0 Å². The number of aliphatic carboxylic acids is 1. The Balaban J connectivity index is 1.70. The van der Waals surface area contributed by atoms with Gasteiger partial charge in [-0.05, 0) is 56.4 Å². The summed E-state index contributed by atoms with van der Waals surface area (Å²) in [5.41, 5.74) is 1.94. The van der Waals surface area contributed by atoms with E-state index in [2.05, 4.69) is 10.6 Å². The molecule has 3 rings (SSSR count). The minimum absolute atomic E-state index is 0.245. The summed E-state index contributed by atoms with van der Waals surface area (Å²) in [6.07, 6.45) is 6.57. The Morgan fingerprint density at radius 1 is 1.12 bits per heavy atom. The monoisotopic (exact) mass is 502 g/mol. The molecule has 8 nitrogen and oxygen atoms in total. The first-order valence-electron chi connectivity index (χ1n) is 10.8. The van der Waals surface area contributed by atoms with Crippen molar-refractivity contribution in [3.05, 3.63) is 52.4 Å². The van der Waals surface area contributed by atoms with Gasteiger partial charge in [-0.1, -0.05) is 12.5 Å². The molecule has 0 saturated carbocycles. The number of hydrogen-bond acceptors (Lipinski definition) is 7. The molecule has 34 heavy (non-hydrogen) atoms. The number of ether oxygens (including phenoxy) is 1. The van der Waals surface area contributed by atoms with Gasteiger partial charge in [-0.2, -0.15) is 0 Å². The lowest BCUT2D eigenvalue weighted by molar-refractivity contribution is -0.131. The highest BCUT2D eigenvalue weighted by Crippen LogP contribution is 2.38. The average Bonchev–Trinajstić information content (AvgIpc) is 2.97. The topological polar surface area (TPSA) is 122 Å². The minimum Gasteiger partial charge on any atom is -0.478 e. The van der Waals surface area contributed by atoms with Crippen LogP contribution < -0.4 is 10.6 Å². The maximum absolute atomic E-state index is 13.0. The third kappa shape index (κ3) is 6.71. The number of esters is 1. The summed E-state index contributed by atoms with van der Waals surface area (Å²) < 4.78 is 4.99. The number of anilines is 2. The molecule has 1 aliphatic carbocycles. The molecule has 1 aliphatic rings. The summed E-state index contributed by atoms with van der Waals surface area (Å²) in [5.74, 6) is -2.46. The highest BCUT2D eigenvalue weighted by Gasteiger charge is 2.27. The largest absolute Gasteiger partial charge is 0.478 e. The number of carboxylic acids is 1. The second-order valence-electron chi connectivity index (χ2n) is 7.70. The van der Waals surface area contributed by atoms with Crippen molar-refractivity contribution in [2.24, 2.45) is 0 Å². The second-order valence-corrected chi connectivity index (χ2v) is 10.2. The van der Waals surface area contributed by atoms with Gasteiger partial charge < -0.3 is 20.5 Å². The Hall–Kier alpha value is -3.11. The molecule has 0 radical (unpaired) electrons. The first kappa shape index (κ1) is 25.5. The maximum atomic E-state index is 13.0. The Kier molecular flexibility index (Phi) is 8.89. The van der Waals surface area contributed by atoms with Crippen LogP contribution in [0.5, 0.6) is 0 Å². The van der Waals surface area contributed by atoms with Crippen molar-refractivity contribution >= 4 is 57.5 Å². The fourth-order valence-electron chi connectivity index (χ4n) is 3.60. The molecule has 0 spiro atoms. The van der Waals surface area contributed by atoms with Crippen LogP contribution in [0.15, 0.2) is 41.3 Å². The number of carboxylic acid groups (broad SMARTS) is 1. The molecule has 0 bridgehead atoms. The van der Waals surface area contributed by atoms with E-state index in [9.17, 15) is 19.2 Å². The van der Waals surface area contributed by atoms with Gasteiger partial charge in [0.25, 0.3) is 0 Å². The highest BCUT2D eigenvalue weighted by molar-refractivity contribution is 8.00. The highest BCUT2D eigenvalue weighted by atomic mass is 32.2. The molecule has 1 unspecified atom stereocenters. The van der Waals surface area contributed by atoms with Crippen LogP contribution in [-0.2, 0) is 32.0 Å². The minimum atomic E-state index is -1.21. The first-order valence-corrected chi connectivity index (χ1v) is 12.5. The van der Waals surface area contributed by atoms with E-state index >= 15 is 0 Å². The number of aryl methyl sites for hydroxylation is 1. The second kappa shape index (κ2) is 11.8. The summed E-state index contributed by atoms with van der Waals surface area (Å²) in [4.78, 5) is 49.7. The van der Waals surface area contributed by atoms with Gasteiger partial charge in [-0.25, -0.2) is 9.59 Å². The predicted molar refractivity (Wildman–Crippen MR) is 133 cm³/mol. The summed E-state index contributed by atoms with van der Waals surface area (Å²) in [7, 11) is 1.34. The third-order valence-corrected chi connectivity index (χ3v) is 7.51. The number of benzene rings is 1. The van der Waals surface area contributed by atoms with Crippen molar-refractivity contribution in [1.29, 1.82) is 0 Å². The number of carbonyl (C=O) groups is 4. The zero-order valence-electron chi connectivity index (χ0n) is 18.9. The zero-order chi connectivity index (χ0) is 24.7. The predicted octanol–water partition coefficient (Wildman–Crippen LogP) is 4.50. The van der Waals surface area contributed by atoms with Crippen LogP contribution in [0, 0.1) is 0 Å². The van der Waals surface area contributed by atoms with Crippen LogP contribution in [-0.4, -0.2) is 41.2 Å². The van der Waals surface area contributed by atoms with E-state index in [1.807, 2.05) is 6.07 Å². The molecule has 2 aromatic rings. The van der Waals surface area contributed by atoms with Gasteiger partial charge in [0.2, 0.25) is 11.8 Å². The lowest BCUT2D eigenvalue weighted by Gasteiger charge is -2.13. The molecule has 0 fully saturated rings. The van der Waals surface area contributed by atoms with Crippen LogP contribution >= 0.6 is 23.1 Å². The Morgan fingerprint density at radius 3 is 2.62 bits per heavy atom.